The van der Waals surface area contributed by atoms with Crippen LogP contribution < -0.4 is 19.5 Å². The molecule has 0 aliphatic carbocycles. The standard InChI is InChI=1S/C23H23FN2O5S/c1-30-18-10-13-20(22(15-18)31-2)25-23(27)21(14-16-6-4-3-5-7-16)26-32(28,29)19-11-8-17(24)9-12-19/h3-13,15,21,26H,14H2,1-2H3,(H,25,27)/t21-/m0/s1. The minimum absolute atomic E-state index is 0.103. The van der Waals surface area contributed by atoms with E-state index in [1.807, 2.05) is 6.07 Å². The summed E-state index contributed by atoms with van der Waals surface area (Å²) in [5.74, 6) is -0.243. The molecule has 0 aliphatic rings. The number of amides is 1. The van der Waals surface area contributed by atoms with Gasteiger partial charge in [0, 0.05) is 6.07 Å². The Hall–Kier alpha value is -3.43. The lowest BCUT2D eigenvalue weighted by atomic mass is 10.1. The lowest BCUT2D eigenvalue weighted by Gasteiger charge is -2.20. The van der Waals surface area contributed by atoms with Crippen LogP contribution in [0.15, 0.2) is 77.7 Å². The average molecular weight is 459 g/mol. The van der Waals surface area contributed by atoms with Crippen LogP contribution in [0.25, 0.3) is 0 Å². The van der Waals surface area contributed by atoms with Crippen molar-refractivity contribution in [1.82, 2.24) is 4.72 Å². The highest BCUT2D eigenvalue weighted by atomic mass is 32.2. The second-order valence-corrected chi connectivity index (χ2v) is 8.59. The van der Waals surface area contributed by atoms with Gasteiger partial charge in [-0.2, -0.15) is 4.72 Å². The number of carbonyl (C=O) groups is 1. The average Bonchev–Trinajstić information content (AvgIpc) is 2.79. The molecule has 2 N–H and O–H groups in total. The topological polar surface area (TPSA) is 93.7 Å². The molecule has 168 valence electrons. The van der Waals surface area contributed by atoms with Crippen LogP contribution in [-0.4, -0.2) is 34.6 Å². The Bertz CT molecular complexity index is 1170. The predicted molar refractivity (Wildman–Crippen MR) is 119 cm³/mol. The van der Waals surface area contributed by atoms with E-state index in [1.54, 1.807) is 42.5 Å². The molecule has 0 spiro atoms. The maximum Gasteiger partial charge on any atom is 0.243 e. The maximum atomic E-state index is 13.2. The van der Waals surface area contributed by atoms with Crippen molar-refractivity contribution in [3.8, 4) is 11.5 Å². The first-order valence-electron chi connectivity index (χ1n) is 9.67. The third kappa shape index (κ3) is 5.83. The van der Waals surface area contributed by atoms with Crippen LogP contribution >= 0.6 is 0 Å². The summed E-state index contributed by atoms with van der Waals surface area (Å²) in [6.07, 6.45) is 0.103. The van der Waals surface area contributed by atoms with Gasteiger partial charge < -0.3 is 14.8 Å². The van der Waals surface area contributed by atoms with Gasteiger partial charge in [0.2, 0.25) is 15.9 Å². The fourth-order valence-electron chi connectivity index (χ4n) is 3.03. The van der Waals surface area contributed by atoms with Crippen LogP contribution in [0.1, 0.15) is 5.56 Å². The van der Waals surface area contributed by atoms with Crippen molar-refractivity contribution < 1.29 is 27.1 Å². The number of ether oxygens (including phenoxy) is 2. The highest BCUT2D eigenvalue weighted by Crippen LogP contribution is 2.29. The third-order valence-electron chi connectivity index (χ3n) is 4.69. The Morgan fingerprint density at radius 1 is 0.969 bits per heavy atom. The molecule has 1 atom stereocenters. The summed E-state index contributed by atoms with van der Waals surface area (Å²) >= 11 is 0. The Morgan fingerprint density at radius 3 is 2.28 bits per heavy atom. The molecule has 3 aromatic carbocycles. The van der Waals surface area contributed by atoms with Crippen molar-refractivity contribution in [2.75, 3.05) is 19.5 Å². The number of methoxy groups -OCH3 is 2. The van der Waals surface area contributed by atoms with Crippen LogP contribution in [0.3, 0.4) is 0 Å². The van der Waals surface area contributed by atoms with E-state index in [0.717, 1.165) is 29.8 Å². The zero-order chi connectivity index (χ0) is 23.1. The van der Waals surface area contributed by atoms with Gasteiger partial charge in [0.25, 0.3) is 0 Å². The van der Waals surface area contributed by atoms with Crippen LogP contribution in [0, 0.1) is 5.82 Å². The fraction of sp³-hybridized carbons (Fsp3) is 0.174. The molecule has 0 unspecified atom stereocenters. The monoisotopic (exact) mass is 458 g/mol. The summed E-state index contributed by atoms with van der Waals surface area (Å²) in [6, 6.07) is 17.1. The zero-order valence-electron chi connectivity index (χ0n) is 17.5. The van der Waals surface area contributed by atoms with Gasteiger partial charge >= 0.3 is 0 Å². The molecule has 0 saturated heterocycles. The summed E-state index contributed by atoms with van der Waals surface area (Å²) in [7, 11) is -1.13. The molecule has 0 bridgehead atoms. The lowest BCUT2D eigenvalue weighted by Crippen LogP contribution is -2.45. The Labute approximate surface area is 186 Å². The largest absolute Gasteiger partial charge is 0.497 e. The summed E-state index contributed by atoms with van der Waals surface area (Å²) in [5, 5.41) is 2.71. The van der Waals surface area contributed by atoms with Gasteiger partial charge in [-0.25, -0.2) is 12.8 Å². The van der Waals surface area contributed by atoms with E-state index < -0.39 is 27.8 Å². The number of halogens is 1. The van der Waals surface area contributed by atoms with E-state index in [1.165, 1.54) is 14.2 Å². The SMILES string of the molecule is COc1ccc(NC(=O)[C@H](Cc2ccccc2)NS(=O)(=O)c2ccc(F)cc2)c(OC)c1. The van der Waals surface area contributed by atoms with Gasteiger partial charge in [0.1, 0.15) is 23.4 Å². The van der Waals surface area contributed by atoms with Crippen LogP contribution in [0.5, 0.6) is 11.5 Å². The Morgan fingerprint density at radius 2 is 1.66 bits per heavy atom. The molecular formula is C23H23FN2O5S. The molecule has 32 heavy (non-hydrogen) atoms. The number of hydrogen-bond donors (Lipinski definition) is 2. The molecule has 7 nitrogen and oxygen atoms in total. The fourth-order valence-corrected chi connectivity index (χ4v) is 4.22. The van der Waals surface area contributed by atoms with Crippen LogP contribution in [0.4, 0.5) is 10.1 Å². The third-order valence-corrected chi connectivity index (χ3v) is 6.17. The Balaban J connectivity index is 1.88. The number of nitrogens with one attached hydrogen (secondary N) is 2. The van der Waals surface area contributed by atoms with E-state index in [0.29, 0.717) is 17.2 Å². The zero-order valence-corrected chi connectivity index (χ0v) is 18.4. The number of hydrogen-bond acceptors (Lipinski definition) is 5. The molecule has 0 aliphatic heterocycles. The van der Waals surface area contributed by atoms with Crippen molar-refractivity contribution in [2.45, 2.75) is 17.4 Å². The molecule has 0 heterocycles. The van der Waals surface area contributed by atoms with Crippen molar-refractivity contribution in [1.29, 1.82) is 0 Å². The van der Waals surface area contributed by atoms with E-state index in [9.17, 15) is 17.6 Å². The molecule has 0 radical (unpaired) electrons. The van der Waals surface area contributed by atoms with E-state index >= 15 is 0 Å². The minimum Gasteiger partial charge on any atom is -0.497 e. The van der Waals surface area contributed by atoms with Crippen molar-refractivity contribution in [3.05, 3.63) is 84.2 Å². The number of benzene rings is 3. The molecule has 0 fully saturated rings. The Kier molecular flexibility index (Phi) is 7.45. The van der Waals surface area contributed by atoms with Gasteiger partial charge in [0.15, 0.2) is 0 Å². The molecule has 3 rings (SSSR count). The second kappa shape index (κ2) is 10.3. The molecule has 3 aromatic rings. The molecule has 9 heteroatoms. The lowest BCUT2D eigenvalue weighted by molar-refractivity contribution is -0.117. The first-order chi connectivity index (χ1) is 15.3. The maximum absolute atomic E-state index is 13.2. The molecular weight excluding hydrogens is 435 g/mol. The summed E-state index contributed by atoms with van der Waals surface area (Å²) < 4.78 is 51.8. The number of anilines is 1. The van der Waals surface area contributed by atoms with Crippen LogP contribution in [0.2, 0.25) is 0 Å². The van der Waals surface area contributed by atoms with E-state index in [2.05, 4.69) is 10.0 Å². The molecule has 0 aromatic heterocycles. The molecule has 1 amide bonds. The van der Waals surface area contributed by atoms with Gasteiger partial charge in [0.05, 0.1) is 24.8 Å². The van der Waals surface area contributed by atoms with Gasteiger partial charge in [-0.3, -0.25) is 4.79 Å². The summed E-state index contributed by atoms with van der Waals surface area (Å²) in [4.78, 5) is 13.0. The summed E-state index contributed by atoms with van der Waals surface area (Å²) in [6.45, 7) is 0. The minimum atomic E-state index is -4.09. The normalized spacial score (nSPS) is 12.1. The highest BCUT2D eigenvalue weighted by molar-refractivity contribution is 7.89. The van der Waals surface area contributed by atoms with E-state index in [-0.39, 0.29) is 11.3 Å². The van der Waals surface area contributed by atoms with Crippen molar-refractivity contribution in [3.63, 3.8) is 0 Å². The van der Waals surface area contributed by atoms with Gasteiger partial charge in [-0.15, -0.1) is 0 Å². The predicted octanol–water partition coefficient (Wildman–Crippen LogP) is 3.37. The highest BCUT2D eigenvalue weighted by Gasteiger charge is 2.27. The van der Waals surface area contributed by atoms with Gasteiger partial charge in [-0.05, 0) is 48.4 Å². The first kappa shape index (κ1) is 23.2. The van der Waals surface area contributed by atoms with Crippen molar-refractivity contribution >= 4 is 21.6 Å². The number of rotatable bonds is 9. The number of carbonyl (C=O) groups excluding carboxylic acids is 1. The first-order valence-corrected chi connectivity index (χ1v) is 11.2. The second-order valence-electron chi connectivity index (χ2n) is 6.87. The molecule has 0 saturated carbocycles. The smallest absolute Gasteiger partial charge is 0.243 e. The number of sulfonamides is 1. The van der Waals surface area contributed by atoms with Crippen LogP contribution in [-0.2, 0) is 21.2 Å². The van der Waals surface area contributed by atoms with E-state index in [4.69, 9.17) is 9.47 Å². The quantitative estimate of drug-likeness (QED) is 0.513. The van der Waals surface area contributed by atoms with Crippen molar-refractivity contribution in [2.24, 2.45) is 0 Å². The van der Waals surface area contributed by atoms with Gasteiger partial charge in [-0.1, -0.05) is 30.3 Å². The summed E-state index contributed by atoms with van der Waals surface area (Å²) in [5.41, 5.74) is 1.12.